The fourth-order valence-corrected chi connectivity index (χ4v) is 0. The predicted octanol–water partition coefficient (Wildman–Crippen LogP) is 0.838. The van der Waals surface area contributed by atoms with Crippen LogP contribution in [0.3, 0.4) is 0 Å². The second-order valence-electron chi connectivity index (χ2n) is 0.632. The normalized spacial score (nSPS) is 4.67. The predicted molar refractivity (Wildman–Crippen MR) is 36.6 cm³/mol. The Kier molecular flexibility index (Phi) is 147. The van der Waals surface area contributed by atoms with Gasteiger partial charge in [-0.3, -0.25) is 0 Å². The molecule has 0 aliphatic rings. The van der Waals surface area contributed by atoms with Crippen molar-refractivity contribution in [2.75, 3.05) is 13.2 Å². The second-order valence-corrected chi connectivity index (χ2v) is 0.632. The molecule has 0 aromatic rings. The van der Waals surface area contributed by atoms with Crippen molar-refractivity contribution in [3.05, 3.63) is 6.92 Å². The van der Waals surface area contributed by atoms with Gasteiger partial charge in [-0.15, -0.1) is 0 Å². The van der Waals surface area contributed by atoms with Crippen LogP contribution in [0.5, 0.6) is 0 Å². The summed E-state index contributed by atoms with van der Waals surface area (Å²) in [5.74, 6) is 0. The van der Waals surface area contributed by atoms with Crippen molar-refractivity contribution in [2.45, 2.75) is 20.8 Å². The fourth-order valence-electron chi connectivity index (χ4n) is 0. The van der Waals surface area contributed by atoms with Gasteiger partial charge in [-0.05, 0) is 13.8 Å². The van der Waals surface area contributed by atoms with E-state index in [4.69, 9.17) is 10.2 Å². The monoisotopic (exact) mass is 261 g/mol. The largest absolute Gasteiger partial charge is 0.397 e. The van der Waals surface area contributed by atoms with Crippen molar-refractivity contribution in [2.24, 2.45) is 0 Å². The van der Waals surface area contributed by atoms with Crippen LogP contribution in [0.2, 0.25) is 0 Å². The summed E-state index contributed by atoms with van der Waals surface area (Å²) in [7, 11) is 0. The molecule has 2 nitrogen and oxygen atoms in total. The molecule has 0 aliphatic heterocycles. The summed E-state index contributed by atoms with van der Waals surface area (Å²) in [6, 6.07) is 0. The van der Waals surface area contributed by atoms with Gasteiger partial charge in [-0.1, -0.05) is 0 Å². The Hall–Kier alpha value is 1.30. The molecule has 0 saturated heterocycles. The molecule has 0 fully saturated rings. The van der Waals surface area contributed by atoms with Crippen LogP contribution in [0, 0.1) is 48.7 Å². The quantitative estimate of drug-likeness (QED) is 0.634. The molecule has 58 valence electrons. The Labute approximate surface area is 92.0 Å². The fraction of sp³-hybridized carbons (Fsp3) is 0.833. The molecule has 0 amide bonds. The zero-order valence-electron chi connectivity index (χ0n) is 6.52. The Morgan fingerprint density at radius 2 is 1.00 bits per heavy atom. The average Bonchev–Trinajstić information content (AvgIpc) is 1.75. The van der Waals surface area contributed by atoms with Crippen LogP contribution in [0.15, 0.2) is 0 Å². The van der Waals surface area contributed by atoms with Crippen molar-refractivity contribution >= 4 is 0 Å². The first-order valence-electron chi connectivity index (χ1n) is 2.75. The van der Waals surface area contributed by atoms with E-state index in [9.17, 15) is 0 Å². The summed E-state index contributed by atoms with van der Waals surface area (Å²) < 4.78 is 0. The maximum Gasteiger partial charge on any atom is 0.0402 e. The van der Waals surface area contributed by atoms with Gasteiger partial charge in [-0.25, -0.2) is 0 Å². The van der Waals surface area contributed by atoms with Crippen LogP contribution >= 0.6 is 0 Å². The van der Waals surface area contributed by atoms with Crippen LogP contribution in [0.4, 0.5) is 0 Å². The Morgan fingerprint density at radius 1 is 1.00 bits per heavy atom. The molecule has 0 bridgehead atoms. The minimum atomic E-state index is 0. The molecule has 0 unspecified atom stereocenters. The first-order valence-corrected chi connectivity index (χ1v) is 2.75. The van der Waals surface area contributed by atoms with E-state index in [1.807, 2.05) is 0 Å². The maximum absolute atomic E-state index is 7.57. The molecule has 0 aromatic heterocycles. The Balaban J connectivity index is -0.0000000202. The number of aliphatic hydroxyl groups is 2. The van der Waals surface area contributed by atoms with Crippen molar-refractivity contribution in [1.29, 1.82) is 0 Å². The van der Waals surface area contributed by atoms with Crippen LogP contribution in [0.1, 0.15) is 20.8 Å². The third kappa shape index (κ3) is 294. The molecule has 0 aromatic carbocycles. The van der Waals surface area contributed by atoms with Gasteiger partial charge in [0.2, 0.25) is 0 Å². The molecule has 0 radical (unpaired) electrons. The minimum Gasteiger partial charge on any atom is -0.397 e. The molecule has 9 heavy (non-hydrogen) atoms. The van der Waals surface area contributed by atoms with E-state index in [0.29, 0.717) is 0 Å². The summed E-state index contributed by atoms with van der Waals surface area (Å²) in [5, 5.41) is 15.1. The molecule has 3 heteroatoms. The van der Waals surface area contributed by atoms with Crippen molar-refractivity contribution in [3.63, 3.8) is 0 Å². The van der Waals surface area contributed by atoms with Crippen LogP contribution in [-0.2, 0) is 0 Å². The standard InChI is InChI=1S/2C2H6O.C2H5.Ce/c2*1-2-3;1-2;/h2*3H,2H2,1H3;1H2,2H3;/q;;-1;. The summed E-state index contributed by atoms with van der Waals surface area (Å²) in [4.78, 5) is 0. The van der Waals surface area contributed by atoms with Gasteiger partial charge in [0, 0.05) is 55.0 Å². The molecule has 2 N–H and O–H groups in total. The average molecular weight is 261 g/mol. The van der Waals surface area contributed by atoms with Crippen molar-refractivity contribution in [3.8, 4) is 0 Å². The number of hydrogen-bond acceptors (Lipinski definition) is 2. The molecule has 0 spiro atoms. The molecule has 0 saturated carbocycles. The number of aliphatic hydroxyl groups excluding tert-OH is 2. The molecule has 0 rings (SSSR count). The molecule has 0 heterocycles. The number of rotatable bonds is 0. The SMILES string of the molecule is CCO.CCO.[CH2-]C.[Ce]. The van der Waals surface area contributed by atoms with E-state index in [1.54, 1.807) is 20.8 Å². The van der Waals surface area contributed by atoms with Gasteiger partial charge in [0.25, 0.3) is 0 Å². The van der Waals surface area contributed by atoms with E-state index in [1.165, 1.54) is 0 Å². The van der Waals surface area contributed by atoms with E-state index < -0.39 is 0 Å². The topological polar surface area (TPSA) is 40.5 Å². The number of hydrogen-bond donors (Lipinski definition) is 2. The molecular weight excluding hydrogens is 244 g/mol. The van der Waals surface area contributed by atoms with Gasteiger partial charge >= 0.3 is 0 Å². The maximum atomic E-state index is 7.57. The smallest absolute Gasteiger partial charge is 0.0402 e. The van der Waals surface area contributed by atoms with Gasteiger partial charge in [0.1, 0.15) is 0 Å². The molecule has 0 aliphatic carbocycles. The zero-order valence-corrected chi connectivity index (χ0v) is 9.66. The Bertz CT molecular complexity index is 13.0. The molecular formula is C6H17CeO2-. The van der Waals surface area contributed by atoms with E-state index >= 15 is 0 Å². The summed E-state index contributed by atoms with van der Waals surface area (Å²) >= 11 is 0. The van der Waals surface area contributed by atoms with Gasteiger partial charge in [-0.2, -0.15) is 6.92 Å². The second kappa shape index (κ2) is 58.9. The summed E-state index contributed by atoms with van der Waals surface area (Å²) in [6.07, 6.45) is 0. The third-order valence-corrected chi connectivity index (χ3v) is 0. The Morgan fingerprint density at radius 3 is 1.00 bits per heavy atom. The van der Waals surface area contributed by atoms with Crippen molar-refractivity contribution in [1.82, 2.24) is 0 Å². The van der Waals surface area contributed by atoms with E-state index in [2.05, 4.69) is 6.92 Å². The van der Waals surface area contributed by atoms with E-state index in [-0.39, 0.29) is 55.0 Å². The van der Waals surface area contributed by atoms with Crippen LogP contribution in [-0.4, -0.2) is 23.4 Å². The van der Waals surface area contributed by atoms with E-state index in [0.717, 1.165) is 0 Å². The first kappa shape index (κ1) is 22.4. The third-order valence-electron chi connectivity index (χ3n) is 0. The van der Waals surface area contributed by atoms with Crippen molar-refractivity contribution < 1.29 is 52.0 Å². The van der Waals surface area contributed by atoms with Crippen LogP contribution < -0.4 is 0 Å². The van der Waals surface area contributed by atoms with Gasteiger partial charge < -0.3 is 17.1 Å². The zero-order chi connectivity index (χ0) is 7.41. The molecule has 0 atom stereocenters. The minimum absolute atomic E-state index is 0. The summed E-state index contributed by atoms with van der Waals surface area (Å²) in [6.45, 7) is 8.86. The first-order chi connectivity index (χ1) is 3.83. The van der Waals surface area contributed by atoms with Gasteiger partial charge in [0.15, 0.2) is 0 Å². The van der Waals surface area contributed by atoms with Gasteiger partial charge in [0.05, 0.1) is 0 Å². The van der Waals surface area contributed by atoms with Crippen LogP contribution in [0.25, 0.3) is 0 Å². The summed E-state index contributed by atoms with van der Waals surface area (Å²) in [5.41, 5.74) is 0.